The summed E-state index contributed by atoms with van der Waals surface area (Å²) in [6, 6.07) is 2.06. The fourth-order valence-corrected chi connectivity index (χ4v) is 3.12. The summed E-state index contributed by atoms with van der Waals surface area (Å²) in [6.07, 6.45) is 5.56. The first-order valence-corrected chi connectivity index (χ1v) is 7.46. The number of hydrogen-bond acceptors (Lipinski definition) is 3. The van der Waals surface area contributed by atoms with Gasteiger partial charge in [-0.3, -0.25) is 0 Å². The third kappa shape index (κ3) is 3.84. The molecule has 1 fully saturated rings. The zero-order valence-electron chi connectivity index (χ0n) is 10.8. The molecule has 1 saturated carbocycles. The van der Waals surface area contributed by atoms with Gasteiger partial charge in [-0.05, 0) is 24.8 Å². The van der Waals surface area contributed by atoms with Gasteiger partial charge in [0.25, 0.3) is 0 Å². The van der Waals surface area contributed by atoms with Crippen molar-refractivity contribution in [3.63, 3.8) is 0 Å². The Balaban J connectivity index is 1.84. The van der Waals surface area contributed by atoms with Crippen molar-refractivity contribution >= 4 is 11.3 Å². The number of hydrogen-bond donors (Lipinski definition) is 1. The summed E-state index contributed by atoms with van der Waals surface area (Å²) in [4.78, 5) is 1.22. The Hall–Kier alpha value is -0.820. The van der Waals surface area contributed by atoms with E-state index >= 15 is 0 Å². The van der Waals surface area contributed by atoms with Gasteiger partial charge < -0.3 is 9.84 Å². The van der Waals surface area contributed by atoms with Crippen molar-refractivity contribution in [2.45, 2.75) is 45.3 Å². The van der Waals surface area contributed by atoms with Crippen LogP contribution in [0.25, 0.3) is 0 Å². The Labute approximate surface area is 113 Å². The molecule has 0 saturated heterocycles. The minimum atomic E-state index is -0.0821. The van der Waals surface area contributed by atoms with Crippen LogP contribution in [0.2, 0.25) is 0 Å². The second-order valence-corrected chi connectivity index (χ2v) is 5.87. The molecular weight excluding hydrogens is 244 g/mol. The van der Waals surface area contributed by atoms with Crippen LogP contribution in [0.15, 0.2) is 11.4 Å². The summed E-state index contributed by atoms with van der Waals surface area (Å²) < 4.78 is 6.01. The lowest BCUT2D eigenvalue weighted by atomic mass is 9.88. The van der Waals surface area contributed by atoms with E-state index in [4.69, 9.17) is 9.84 Å². The predicted octanol–water partition coefficient (Wildman–Crippen LogP) is 3.19. The van der Waals surface area contributed by atoms with E-state index in [-0.39, 0.29) is 6.61 Å². The maximum atomic E-state index is 8.64. The molecule has 3 heteroatoms. The van der Waals surface area contributed by atoms with E-state index < -0.39 is 0 Å². The standard InChI is InChI=1S/C15H20O2S/c1-12-5-2-3-7-15(12)17-10-14-9-13(11-18-14)6-4-8-16/h9,11-12,15-16H,2-3,5,7-8,10H2,1H3. The molecule has 0 amide bonds. The lowest BCUT2D eigenvalue weighted by Crippen LogP contribution is -2.25. The zero-order chi connectivity index (χ0) is 12.8. The third-order valence-corrected chi connectivity index (χ3v) is 4.35. The van der Waals surface area contributed by atoms with Crippen molar-refractivity contribution in [3.05, 3.63) is 21.9 Å². The van der Waals surface area contributed by atoms with Gasteiger partial charge in [0.05, 0.1) is 12.7 Å². The van der Waals surface area contributed by atoms with Gasteiger partial charge >= 0.3 is 0 Å². The van der Waals surface area contributed by atoms with Crippen LogP contribution in [-0.2, 0) is 11.3 Å². The Morgan fingerprint density at radius 3 is 3.06 bits per heavy atom. The van der Waals surface area contributed by atoms with Crippen LogP contribution in [-0.4, -0.2) is 17.8 Å². The summed E-state index contributed by atoms with van der Waals surface area (Å²) >= 11 is 1.68. The molecule has 0 spiro atoms. The van der Waals surface area contributed by atoms with Gasteiger partial charge in [-0.15, -0.1) is 11.3 Å². The average Bonchev–Trinajstić information content (AvgIpc) is 2.83. The number of aliphatic hydroxyl groups excluding tert-OH is 1. The van der Waals surface area contributed by atoms with E-state index in [9.17, 15) is 0 Å². The molecular formula is C15H20O2S. The van der Waals surface area contributed by atoms with Crippen molar-refractivity contribution in [1.82, 2.24) is 0 Å². The van der Waals surface area contributed by atoms with E-state index in [2.05, 4.69) is 24.8 Å². The van der Waals surface area contributed by atoms with Gasteiger partial charge in [0, 0.05) is 15.8 Å². The minimum absolute atomic E-state index is 0.0821. The highest BCUT2D eigenvalue weighted by Crippen LogP contribution is 2.27. The zero-order valence-corrected chi connectivity index (χ0v) is 11.6. The Morgan fingerprint density at radius 2 is 2.28 bits per heavy atom. The van der Waals surface area contributed by atoms with E-state index in [0.717, 1.165) is 5.56 Å². The molecule has 2 nitrogen and oxygen atoms in total. The van der Waals surface area contributed by atoms with Gasteiger partial charge in [-0.1, -0.05) is 31.6 Å². The van der Waals surface area contributed by atoms with Crippen molar-refractivity contribution < 1.29 is 9.84 Å². The predicted molar refractivity (Wildman–Crippen MR) is 74.5 cm³/mol. The number of thiophene rings is 1. The fourth-order valence-electron chi connectivity index (χ4n) is 2.38. The molecule has 1 aromatic heterocycles. The fraction of sp³-hybridized carbons (Fsp3) is 0.600. The molecule has 1 heterocycles. The molecule has 2 rings (SSSR count). The average molecular weight is 264 g/mol. The molecule has 2 atom stereocenters. The topological polar surface area (TPSA) is 29.5 Å². The van der Waals surface area contributed by atoms with Crippen LogP contribution in [0.1, 0.15) is 43.0 Å². The molecule has 98 valence electrons. The summed E-state index contributed by atoms with van der Waals surface area (Å²) in [7, 11) is 0. The first-order chi connectivity index (χ1) is 8.79. The quantitative estimate of drug-likeness (QED) is 0.850. The molecule has 0 radical (unpaired) electrons. The number of aliphatic hydroxyl groups is 1. The van der Waals surface area contributed by atoms with E-state index in [0.29, 0.717) is 18.6 Å². The SMILES string of the molecule is CC1CCCCC1OCc1cc(C#CCO)cs1. The molecule has 0 aliphatic heterocycles. The first kappa shape index (κ1) is 13.6. The van der Waals surface area contributed by atoms with Crippen LogP contribution in [0, 0.1) is 17.8 Å². The molecule has 1 aliphatic rings. The second kappa shape index (κ2) is 6.94. The van der Waals surface area contributed by atoms with Crippen molar-refractivity contribution in [2.24, 2.45) is 5.92 Å². The third-order valence-electron chi connectivity index (χ3n) is 3.44. The molecule has 1 N–H and O–H groups in total. The highest BCUT2D eigenvalue weighted by Gasteiger charge is 2.21. The monoisotopic (exact) mass is 264 g/mol. The molecule has 1 aromatic rings. The van der Waals surface area contributed by atoms with Gasteiger partial charge in [-0.2, -0.15) is 0 Å². The van der Waals surface area contributed by atoms with Crippen LogP contribution >= 0.6 is 11.3 Å². The molecule has 0 bridgehead atoms. The van der Waals surface area contributed by atoms with E-state index in [1.807, 2.05) is 5.38 Å². The molecule has 1 aliphatic carbocycles. The summed E-state index contributed by atoms with van der Waals surface area (Å²) in [5.74, 6) is 6.27. The maximum absolute atomic E-state index is 8.64. The van der Waals surface area contributed by atoms with Crippen LogP contribution in [0.5, 0.6) is 0 Å². The first-order valence-electron chi connectivity index (χ1n) is 6.58. The van der Waals surface area contributed by atoms with Crippen molar-refractivity contribution in [3.8, 4) is 11.8 Å². The van der Waals surface area contributed by atoms with Gasteiger partial charge in [0.1, 0.15) is 6.61 Å². The summed E-state index contributed by atoms with van der Waals surface area (Å²) in [6.45, 7) is 2.90. The molecule has 0 aromatic carbocycles. The van der Waals surface area contributed by atoms with Gasteiger partial charge in [-0.25, -0.2) is 0 Å². The van der Waals surface area contributed by atoms with Crippen LogP contribution < -0.4 is 0 Å². The Bertz CT molecular complexity index is 427. The smallest absolute Gasteiger partial charge is 0.104 e. The Morgan fingerprint density at radius 1 is 1.44 bits per heavy atom. The highest BCUT2D eigenvalue weighted by molar-refractivity contribution is 7.10. The van der Waals surface area contributed by atoms with Crippen molar-refractivity contribution in [1.29, 1.82) is 0 Å². The highest BCUT2D eigenvalue weighted by atomic mass is 32.1. The van der Waals surface area contributed by atoms with Crippen LogP contribution in [0.4, 0.5) is 0 Å². The largest absolute Gasteiger partial charge is 0.384 e. The summed E-state index contributed by atoms with van der Waals surface area (Å²) in [5, 5.41) is 10.7. The Kier molecular flexibility index (Phi) is 5.25. The lowest BCUT2D eigenvalue weighted by molar-refractivity contribution is -0.0143. The molecule has 2 unspecified atom stereocenters. The van der Waals surface area contributed by atoms with Crippen LogP contribution in [0.3, 0.4) is 0 Å². The molecule has 18 heavy (non-hydrogen) atoms. The minimum Gasteiger partial charge on any atom is -0.384 e. The number of ether oxygens (including phenoxy) is 1. The van der Waals surface area contributed by atoms with Gasteiger partial charge in [0.15, 0.2) is 0 Å². The summed E-state index contributed by atoms with van der Waals surface area (Å²) in [5.41, 5.74) is 0.976. The maximum Gasteiger partial charge on any atom is 0.104 e. The number of rotatable bonds is 3. The lowest BCUT2D eigenvalue weighted by Gasteiger charge is -2.28. The van der Waals surface area contributed by atoms with E-state index in [1.54, 1.807) is 11.3 Å². The van der Waals surface area contributed by atoms with E-state index in [1.165, 1.54) is 30.6 Å². The van der Waals surface area contributed by atoms with Gasteiger partial charge in [0.2, 0.25) is 0 Å². The second-order valence-electron chi connectivity index (χ2n) is 4.87. The normalized spacial score (nSPS) is 23.4. The van der Waals surface area contributed by atoms with Crippen molar-refractivity contribution in [2.75, 3.05) is 6.61 Å².